The van der Waals surface area contributed by atoms with Crippen molar-refractivity contribution in [2.75, 3.05) is 5.32 Å². The Morgan fingerprint density at radius 2 is 1.48 bits per heavy atom. The van der Waals surface area contributed by atoms with Crippen molar-refractivity contribution >= 4 is 40.4 Å². The van der Waals surface area contributed by atoms with Crippen LogP contribution in [0.1, 0.15) is 15.9 Å². The van der Waals surface area contributed by atoms with Crippen molar-refractivity contribution in [3.05, 3.63) is 94.0 Å². The summed E-state index contributed by atoms with van der Waals surface area (Å²) in [5.74, 6) is -0.0504. The van der Waals surface area contributed by atoms with Crippen LogP contribution in [0.5, 0.6) is 0 Å². The van der Waals surface area contributed by atoms with Crippen LogP contribution < -0.4 is 5.32 Å². The van der Waals surface area contributed by atoms with Crippen molar-refractivity contribution in [2.24, 2.45) is 0 Å². The average Bonchev–Trinajstić information content (AvgIpc) is 2.59. The lowest BCUT2D eigenvalue weighted by Gasteiger charge is -2.10. The lowest BCUT2D eigenvalue weighted by molar-refractivity contribution is 0.103. The molecule has 0 aliphatic rings. The highest BCUT2D eigenvalue weighted by Crippen LogP contribution is 2.28. The third-order valence-electron chi connectivity index (χ3n) is 3.39. The number of anilines is 2. The quantitative estimate of drug-likeness (QED) is 0.592. The summed E-state index contributed by atoms with van der Waals surface area (Å²) in [6.07, 6.45) is 0. The first kappa shape index (κ1) is 15.6. The molecule has 4 heteroatoms. The number of carbonyl (C=O) groups is 1. The van der Waals surface area contributed by atoms with E-state index < -0.39 is 0 Å². The molecule has 114 valence electrons. The summed E-state index contributed by atoms with van der Waals surface area (Å²) in [4.78, 5) is 12.4. The van der Waals surface area contributed by atoms with Crippen molar-refractivity contribution < 1.29 is 4.79 Å². The molecule has 0 aliphatic heterocycles. The van der Waals surface area contributed by atoms with Crippen LogP contribution in [0.4, 0.5) is 11.4 Å². The van der Waals surface area contributed by atoms with Crippen LogP contribution in [-0.2, 0) is 0 Å². The molecule has 0 aliphatic carbocycles. The van der Waals surface area contributed by atoms with Crippen LogP contribution in [-0.4, -0.2) is 5.78 Å². The largest absolute Gasteiger partial charge is 0.354 e. The van der Waals surface area contributed by atoms with Gasteiger partial charge in [0, 0.05) is 21.8 Å². The van der Waals surface area contributed by atoms with E-state index in [4.69, 9.17) is 23.2 Å². The second-order valence-electron chi connectivity index (χ2n) is 5.02. The highest BCUT2D eigenvalue weighted by molar-refractivity contribution is 6.34. The van der Waals surface area contributed by atoms with E-state index in [-0.39, 0.29) is 5.78 Å². The Morgan fingerprint density at radius 3 is 2.13 bits per heavy atom. The van der Waals surface area contributed by atoms with Gasteiger partial charge in [-0.1, -0.05) is 53.5 Å². The molecule has 0 fully saturated rings. The first-order chi connectivity index (χ1) is 11.1. The van der Waals surface area contributed by atoms with Crippen molar-refractivity contribution in [1.29, 1.82) is 0 Å². The van der Waals surface area contributed by atoms with E-state index in [0.29, 0.717) is 21.2 Å². The van der Waals surface area contributed by atoms with Crippen LogP contribution in [0.2, 0.25) is 10.0 Å². The number of hydrogen-bond acceptors (Lipinski definition) is 2. The zero-order chi connectivity index (χ0) is 16.2. The smallest absolute Gasteiger partial charge is 0.193 e. The minimum absolute atomic E-state index is 0.0504. The third kappa shape index (κ3) is 3.73. The molecule has 0 spiro atoms. The van der Waals surface area contributed by atoms with Gasteiger partial charge in [-0.3, -0.25) is 4.79 Å². The van der Waals surface area contributed by atoms with Crippen LogP contribution in [0, 0.1) is 0 Å². The van der Waals surface area contributed by atoms with E-state index in [0.717, 1.165) is 11.4 Å². The normalized spacial score (nSPS) is 10.3. The van der Waals surface area contributed by atoms with Gasteiger partial charge in [0.15, 0.2) is 5.78 Å². The summed E-state index contributed by atoms with van der Waals surface area (Å²) in [6, 6.07) is 21.7. The van der Waals surface area contributed by atoms with Crippen LogP contribution in [0.3, 0.4) is 0 Å². The van der Waals surface area contributed by atoms with Crippen LogP contribution in [0.25, 0.3) is 0 Å². The molecular formula is C19H13Cl2NO. The maximum absolute atomic E-state index is 12.4. The van der Waals surface area contributed by atoms with Gasteiger partial charge in [0.2, 0.25) is 0 Å². The molecule has 1 N–H and O–H groups in total. The van der Waals surface area contributed by atoms with Gasteiger partial charge in [-0.15, -0.1) is 0 Å². The average molecular weight is 342 g/mol. The van der Waals surface area contributed by atoms with E-state index >= 15 is 0 Å². The second kappa shape index (κ2) is 6.86. The SMILES string of the molecule is O=C(c1ccccc1)c1ccc(Nc2ccc(Cl)cc2)c(Cl)c1. The molecule has 0 saturated carbocycles. The minimum Gasteiger partial charge on any atom is -0.354 e. The fourth-order valence-electron chi connectivity index (χ4n) is 2.20. The molecular weight excluding hydrogens is 329 g/mol. The van der Waals surface area contributed by atoms with Crippen molar-refractivity contribution in [3.8, 4) is 0 Å². The summed E-state index contributed by atoms with van der Waals surface area (Å²) < 4.78 is 0. The summed E-state index contributed by atoms with van der Waals surface area (Å²) in [6.45, 7) is 0. The van der Waals surface area contributed by atoms with Crippen LogP contribution in [0.15, 0.2) is 72.8 Å². The van der Waals surface area contributed by atoms with Gasteiger partial charge in [-0.05, 0) is 42.5 Å². The summed E-state index contributed by atoms with van der Waals surface area (Å²) in [7, 11) is 0. The summed E-state index contributed by atoms with van der Waals surface area (Å²) in [5, 5.41) is 4.36. The summed E-state index contributed by atoms with van der Waals surface area (Å²) in [5.41, 5.74) is 2.81. The van der Waals surface area contributed by atoms with E-state index in [9.17, 15) is 4.79 Å². The number of carbonyl (C=O) groups excluding carboxylic acids is 1. The number of hydrogen-bond donors (Lipinski definition) is 1. The first-order valence-electron chi connectivity index (χ1n) is 7.05. The molecule has 0 saturated heterocycles. The maximum atomic E-state index is 12.4. The Hall–Kier alpha value is -2.29. The third-order valence-corrected chi connectivity index (χ3v) is 3.96. The topological polar surface area (TPSA) is 29.1 Å². The zero-order valence-electron chi connectivity index (χ0n) is 12.1. The first-order valence-corrected chi connectivity index (χ1v) is 7.81. The molecule has 0 radical (unpaired) electrons. The second-order valence-corrected chi connectivity index (χ2v) is 5.87. The van der Waals surface area contributed by atoms with Crippen molar-refractivity contribution in [2.45, 2.75) is 0 Å². The van der Waals surface area contributed by atoms with Crippen LogP contribution >= 0.6 is 23.2 Å². The number of benzene rings is 3. The predicted molar refractivity (Wildman–Crippen MR) is 96.1 cm³/mol. The molecule has 2 nitrogen and oxygen atoms in total. The minimum atomic E-state index is -0.0504. The van der Waals surface area contributed by atoms with Gasteiger partial charge in [0.1, 0.15) is 0 Å². The van der Waals surface area contributed by atoms with Gasteiger partial charge >= 0.3 is 0 Å². The zero-order valence-corrected chi connectivity index (χ0v) is 13.6. The predicted octanol–water partition coefficient (Wildman–Crippen LogP) is 5.97. The molecule has 3 aromatic carbocycles. The van der Waals surface area contributed by atoms with Gasteiger partial charge in [0.05, 0.1) is 10.7 Å². The monoisotopic (exact) mass is 341 g/mol. The number of ketones is 1. The molecule has 0 atom stereocenters. The Labute approximate surface area is 144 Å². The molecule has 0 amide bonds. The maximum Gasteiger partial charge on any atom is 0.193 e. The standard InChI is InChI=1S/C19H13Cl2NO/c20-15-7-9-16(10-8-15)22-18-11-6-14(12-17(18)21)19(23)13-4-2-1-3-5-13/h1-12,22H. The summed E-state index contributed by atoms with van der Waals surface area (Å²) >= 11 is 12.2. The van der Waals surface area contributed by atoms with Gasteiger partial charge < -0.3 is 5.32 Å². The molecule has 3 rings (SSSR count). The molecule has 23 heavy (non-hydrogen) atoms. The van der Waals surface area contributed by atoms with Gasteiger partial charge in [-0.2, -0.15) is 0 Å². The molecule has 0 aromatic heterocycles. The highest BCUT2D eigenvalue weighted by atomic mass is 35.5. The highest BCUT2D eigenvalue weighted by Gasteiger charge is 2.11. The number of halogens is 2. The Morgan fingerprint density at radius 1 is 0.783 bits per heavy atom. The molecule has 0 heterocycles. The van der Waals surface area contributed by atoms with Gasteiger partial charge in [-0.25, -0.2) is 0 Å². The van der Waals surface area contributed by atoms with Gasteiger partial charge in [0.25, 0.3) is 0 Å². The molecule has 0 bridgehead atoms. The Kier molecular flexibility index (Phi) is 4.65. The Balaban J connectivity index is 1.83. The fraction of sp³-hybridized carbons (Fsp3) is 0. The van der Waals surface area contributed by atoms with Crippen molar-refractivity contribution in [1.82, 2.24) is 0 Å². The molecule has 3 aromatic rings. The van der Waals surface area contributed by atoms with E-state index in [2.05, 4.69) is 5.32 Å². The number of rotatable bonds is 4. The fourth-order valence-corrected chi connectivity index (χ4v) is 2.56. The van der Waals surface area contributed by atoms with Crippen molar-refractivity contribution in [3.63, 3.8) is 0 Å². The lowest BCUT2D eigenvalue weighted by atomic mass is 10.0. The molecule has 0 unspecified atom stereocenters. The Bertz CT molecular complexity index is 830. The van der Waals surface area contributed by atoms with E-state index in [1.54, 1.807) is 42.5 Å². The van der Waals surface area contributed by atoms with E-state index in [1.807, 2.05) is 30.3 Å². The number of nitrogens with one attached hydrogen (secondary N) is 1. The van der Waals surface area contributed by atoms with E-state index in [1.165, 1.54) is 0 Å². The lowest BCUT2D eigenvalue weighted by Crippen LogP contribution is -2.01.